The van der Waals surface area contributed by atoms with Gasteiger partial charge in [0.15, 0.2) is 0 Å². The lowest BCUT2D eigenvalue weighted by Gasteiger charge is -2.12. The van der Waals surface area contributed by atoms with Crippen LogP contribution in [-0.2, 0) is 13.5 Å². The SMILES string of the molecule is Cc1nn(C)c(C)c1-c1ccc(O)c(CCN(C)C)c1. The monoisotopic (exact) mass is 273 g/mol. The summed E-state index contributed by atoms with van der Waals surface area (Å²) in [5.74, 6) is 0.370. The van der Waals surface area contributed by atoms with Crippen molar-refractivity contribution in [1.82, 2.24) is 14.7 Å². The summed E-state index contributed by atoms with van der Waals surface area (Å²) in [6.45, 7) is 5.01. The Morgan fingerprint density at radius 1 is 1.25 bits per heavy atom. The molecule has 0 unspecified atom stereocenters. The Bertz CT molecular complexity index is 614. The number of phenolic OH excluding ortho intramolecular Hbond substituents is 1. The smallest absolute Gasteiger partial charge is 0.118 e. The Labute approximate surface area is 120 Å². The summed E-state index contributed by atoms with van der Waals surface area (Å²) in [7, 11) is 6.03. The number of hydrogen-bond acceptors (Lipinski definition) is 3. The summed E-state index contributed by atoms with van der Waals surface area (Å²) in [5, 5.41) is 14.5. The molecule has 4 heteroatoms. The molecule has 0 spiro atoms. The number of phenols is 1. The molecule has 1 aromatic heterocycles. The number of benzene rings is 1. The number of aromatic nitrogens is 2. The normalized spacial score (nSPS) is 11.3. The number of rotatable bonds is 4. The van der Waals surface area contributed by atoms with Crippen molar-refractivity contribution in [1.29, 1.82) is 0 Å². The van der Waals surface area contributed by atoms with E-state index in [0.29, 0.717) is 5.75 Å². The highest BCUT2D eigenvalue weighted by molar-refractivity contribution is 5.70. The van der Waals surface area contributed by atoms with Crippen molar-refractivity contribution in [2.75, 3.05) is 20.6 Å². The quantitative estimate of drug-likeness (QED) is 0.930. The number of aromatic hydroxyl groups is 1. The first-order valence-electron chi connectivity index (χ1n) is 6.87. The third-order valence-corrected chi connectivity index (χ3v) is 3.71. The predicted octanol–water partition coefficient (Wildman–Crippen LogP) is 2.51. The zero-order chi connectivity index (χ0) is 14.9. The van der Waals surface area contributed by atoms with Gasteiger partial charge in [-0.1, -0.05) is 6.07 Å². The van der Waals surface area contributed by atoms with E-state index in [0.717, 1.165) is 35.5 Å². The van der Waals surface area contributed by atoms with Crippen LogP contribution in [0.15, 0.2) is 18.2 Å². The maximum atomic E-state index is 10.00. The van der Waals surface area contributed by atoms with E-state index in [1.807, 2.05) is 38.8 Å². The Morgan fingerprint density at radius 2 is 1.95 bits per heavy atom. The fraction of sp³-hybridized carbons (Fsp3) is 0.438. The molecule has 2 aromatic rings. The number of aryl methyl sites for hydroxylation is 2. The maximum Gasteiger partial charge on any atom is 0.118 e. The molecule has 0 saturated carbocycles. The van der Waals surface area contributed by atoms with E-state index in [1.165, 1.54) is 5.56 Å². The van der Waals surface area contributed by atoms with Crippen molar-refractivity contribution in [3.8, 4) is 16.9 Å². The van der Waals surface area contributed by atoms with Gasteiger partial charge in [0.2, 0.25) is 0 Å². The standard InChI is InChI=1S/C16H23N3O/c1-11-16(12(2)19(5)17-11)14-6-7-15(20)13(10-14)8-9-18(3)4/h6-7,10,20H,8-9H2,1-5H3. The van der Waals surface area contributed by atoms with Crippen molar-refractivity contribution >= 4 is 0 Å². The lowest BCUT2D eigenvalue weighted by Crippen LogP contribution is -2.15. The van der Waals surface area contributed by atoms with Gasteiger partial charge in [0, 0.05) is 24.8 Å². The van der Waals surface area contributed by atoms with E-state index in [4.69, 9.17) is 0 Å². The molecule has 0 fully saturated rings. The van der Waals surface area contributed by atoms with E-state index in [9.17, 15) is 5.11 Å². The second-order valence-electron chi connectivity index (χ2n) is 5.57. The summed E-state index contributed by atoms with van der Waals surface area (Å²) in [4.78, 5) is 2.12. The Kier molecular flexibility index (Phi) is 4.14. The van der Waals surface area contributed by atoms with E-state index in [1.54, 1.807) is 6.07 Å². The molecule has 0 aliphatic carbocycles. The van der Waals surface area contributed by atoms with Gasteiger partial charge in [-0.3, -0.25) is 4.68 Å². The largest absolute Gasteiger partial charge is 0.508 e. The highest BCUT2D eigenvalue weighted by atomic mass is 16.3. The fourth-order valence-electron chi connectivity index (χ4n) is 2.48. The van der Waals surface area contributed by atoms with Gasteiger partial charge >= 0.3 is 0 Å². The Morgan fingerprint density at radius 3 is 2.50 bits per heavy atom. The van der Waals surface area contributed by atoms with Crippen LogP contribution in [0.2, 0.25) is 0 Å². The molecule has 0 bridgehead atoms. The van der Waals surface area contributed by atoms with E-state index >= 15 is 0 Å². The van der Waals surface area contributed by atoms with Crippen molar-refractivity contribution in [3.63, 3.8) is 0 Å². The minimum atomic E-state index is 0.370. The molecular formula is C16H23N3O. The lowest BCUT2D eigenvalue weighted by molar-refractivity contribution is 0.406. The molecule has 108 valence electrons. The van der Waals surface area contributed by atoms with Crippen molar-refractivity contribution in [3.05, 3.63) is 35.2 Å². The minimum absolute atomic E-state index is 0.370. The average Bonchev–Trinajstić information content (AvgIpc) is 2.63. The van der Waals surface area contributed by atoms with Gasteiger partial charge in [-0.2, -0.15) is 5.10 Å². The molecule has 0 aliphatic heterocycles. The number of likely N-dealkylation sites (N-methyl/N-ethyl adjacent to an activating group) is 1. The second kappa shape index (κ2) is 5.67. The van der Waals surface area contributed by atoms with Crippen LogP contribution in [0.3, 0.4) is 0 Å². The van der Waals surface area contributed by atoms with Gasteiger partial charge in [0.1, 0.15) is 5.75 Å². The molecule has 4 nitrogen and oxygen atoms in total. The van der Waals surface area contributed by atoms with Gasteiger partial charge in [0.25, 0.3) is 0 Å². The first kappa shape index (κ1) is 14.6. The molecule has 0 saturated heterocycles. The molecule has 0 aliphatic rings. The molecule has 0 radical (unpaired) electrons. The topological polar surface area (TPSA) is 41.3 Å². The summed E-state index contributed by atoms with van der Waals surface area (Å²) >= 11 is 0. The molecule has 0 amide bonds. The Hall–Kier alpha value is -1.81. The van der Waals surface area contributed by atoms with Crippen LogP contribution >= 0.6 is 0 Å². The van der Waals surface area contributed by atoms with Crippen LogP contribution in [-0.4, -0.2) is 40.4 Å². The molecule has 1 heterocycles. The maximum absolute atomic E-state index is 10.00. The molecule has 1 N–H and O–H groups in total. The van der Waals surface area contributed by atoms with Crippen LogP contribution in [0.5, 0.6) is 5.75 Å². The van der Waals surface area contributed by atoms with E-state index in [-0.39, 0.29) is 0 Å². The van der Waals surface area contributed by atoms with Gasteiger partial charge in [0.05, 0.1) is 5.69 Å². The third-order valence-electron chi connectivity index (χ3n) is 3.71. The Balaban J connectivity index is 2.40. The summed E-state index contributed by atoms with van der Waals surface area (Å²) in [6.07, 6.45) is 0.838. The van der Waals surface area contributed by atoms with Crippen LogP contribution in [0.25, 0.3) is 11.1 Å². The first-order chi connectivity index (χ1) is 9.40. The molecule has 2 rings (SSSR count). The van der Waals surface area contributed by atoms with Crippen LogP contribution < -0.4 is 0 Å². The third kappa shape index (κ3) is 2.85. The lowest BCUT2D eigenvalue weighted by atomic mass is 9.99. The molecular weight excluding hydrogens is 250 g/mol. The summed E-state index contributed by atoms with van der Waals surface area (Å²) in [5.41, 5.74) is 5.44. The fourth-order valence-corrected chi connectivity index (χ4v) is 2.48. The zero-order valence-electron chi connectivity index (χ0n) is 12.9. The van der Waals surface area contributed by atoms with Gasteiger partial charge < -0.3 is 10.0 Å². The average molecular weight is 273 g/mol. The summed E-state index contributed by atoms with van der Waals surface area (Å²) < 4.78 is 1.90. The highest BCUT2D eigenvalue weighted by Gasteiger charge is 2.13. The zero-order valence-corrected chi connectivity index (χ0v) is 12.9. The van der Waals surface area contributed by atoms with Crippen molar-refractivity contribution < 1.29 is 5.11 Å². The summed E-state index contributed by atoms with van der Waals surface area (Å²) in [6, 6.07) is 5.83. The minimum Gasteiger partial charge on any atom is -0.508 e. The van der Waals surface area contributed by atoms with Crippen LogP contribution in [0.4, 0.5) is 0 Å². The number of nitrogens with zero attached hydrogens (tertiary/aromatic N) is 3. The van der Waals surface area contributed by atoms with Crippen molar-refractivity contribution in [2.24, 2.45) is 7.05 Å². The molecule has 20 heavy (non-hydrogen) atoms. The predicted molar refractivity (Wildman–Crippen MR) is 82.0 cm³/mol. The second-order valence-corrected chi connectivity index (χ2v) is 5.57. The van der Waals surface area contributed by atoms with E-state index < -0.39 is 0 Å². The highest BCUT2D eigenvalue weighted by Crippen LogP contribution is 2.30. The van der Waals surface area contributed by atoms with Gasteiger partial charge in [-0.05, 0) is 57.6 Å². The van der Waals surface area contributed by atoms with Crippen molar-refractivity contribution in [2.45, 2.75) is 20.3 Å². The molecule has 1 aromatic carbocycles. The van der Waals surface area contributed by atoms with Crippen LogP contribution in [0.1, 0.15) is 17.0 Å². The molecule has 0 atom stereocenters. The first-order valence-corrected chi connectivity index (χ1v) is 6.87. The number of hydrogen-bond donors (Lipinski definition) is 1. The van der Waals surface area contributed by atoms with Gasteiger partial charge in [-0.25, -0.2) is 0 Å². The van der Waals surface area contributed by atoms with E-state index in [2.05, 4.69) is 23.0 Å². The van der Waals surface area contributed by atoms with Crippen LogP contribution in [0, 0.1) is 13.8 Å². The van der Waals surface area contributed by atoms with Gasteiger partial charge in [-0.15, -0.1) is 0 Å².